The molecule has 16 heavy (non-hydrogen) atoms. The van der Waals surface area contributed by atoms with Crippen LogP contribution in [0.3, 0.4) is 0 Å². The van der Waals surface area contributed by atoms with Crippen LogP contribution in [0.5, 0.6) is 0 Å². The fourth-order valence-corrected chi connectivity index (χ4v) is 1.85. The molecule has 0 radical (unpaired) electrons. The molecule has 90 valence electrons. The number of nitrogens with two attached hydrogens (primary N) is 1. The van der Waals surface area contributed by atoms with Gasteiger partial charge < -0.3 is 10.5 Å². The summed E-state index contributed by atoms with van der Waals surface area (Å²) in [6, 6.07) is 3.59. The highest BCUT2D eigenvalue weighted by Gasteiger charge is 2.41. The van der Waals surface area contributed by atoms with Gasteiger partial charge in [0.15, 0.2) is 0 Å². The van der Waals surface area contributed by atoms with Gasteiger partial charge in [-0.3, -0.25) is 0 Å². The van der Waals surface area contributed by atoms with Crippen molar-refractivity contribution in [3.8, 4) is 0 Å². The highest BCUT2D eigenvalue weighted by atomic mass is 32.1. The third-order valence-electron chi connectivity index (χ3n) is 1.85. The summed E-state index contributed by atoms with van der Waals surface area (Å²) in [6.45, 7) is -0.385. The van der Waals surface area contributed by atoms with Gasteiger partial charge in [0, 0.05) is 4.88 Å². The monoisotopic (exact) mass is 269 g/mol. The second-order valence-electron chi connectivity index (χ2n) is 3.09. The van der Waals surface area contributed by atoms with Crippen molar-refractivity contribution in [2.45, 2.75) is 12.8 Å². The lowest BCUT2D eigenvalue weighted by Crippen LogP contribution is -2.37. The molecular weight excluding hydrogens is 259 g/mol. The Morgan fingerprint density at radius 3 is 2.69 bits per heavy atom. The van der Waals surface area contributed by atoms with Crippen molar-refractivity contribution in [3.63, 3.8) is 0 Å². The molecule has 1 heterocycles. The Morgan fingerprint density at radius 1 is 1.56 bits per heavy atom. The van der Waals surface area contributed by atoms with Gasteiger partial charge in [-0.15, -0.1) is 11.3 Å². The molecule has 1 aromatic rings. The summed E-state index contributed by atoms with van der Waals surface area (Å²) in [5.74, 6) is -1.87. The highest BCUT2D eigenvalue weighted by Crippen LogP contribution is 2.27. The molecule has 1 atom stereocenters. The number of thiocarbonyl (C=S) groups is 1. The average molecular weight is 269 g/mol. The zero-order valence-corrected chi connectivity index (χ0v) is 9.79. The van der Waals surface area contributed by atoms with E-state index in [9.17, 15) is 13.2 Å². The lowest BCUT2D eigenvalue weighted by molar-refractivity contribution is -0.168. The molecule has 1 rings (SSSR count). The Hall–Kier alpha value is -0.660. The van der Waals surface area contributed by atoms with Gasteiger partial charge in [-0.25, -0.2) is 0 Å². The number of ether oxygens (including phenoxy) is 1. The molecule has 0 amide bonds. The van der Waals surface area contributed by atoms with Crippen molar-refractivity contribution in [2.24, 2.45) is 11.7 Å². The topological polar surface area (TPSA) is 35.2 Å². The molecule has 0 aliphatic heterocycles. The summed E-state index contributed by atoms with van der Waals surface area (Å²) in [5, 5.41) is 1.83. The summed E-state index contributed by atoms with van der Waals surface area (Å²) in [4.78, 5) is 0.280. The molecule has 0 bridgehead atoms. The van der Waals surface area contributed by atoms with Crippen LogP contribution in [-0.4, -0.2) is 17.8 Å². The first kappa shape index (κ1) is 13.4. The molecule has 0 spiro atoms. The zero-order chi connectivity index (χ0) is 12.2. The van der Waals surface area contributed by atoms with Crippen molar-refractivity contribution in [1.82, 2.24) is 0 Å². The maximum atomic E-state index is 12.4. The van der Waals surface area contributed by atoms with E-state index in [4.69, 9.17) is 10.5 Å². The maximum absolute atomic E-state index is 12.4. The fourth-order valence-electron chi connectivity index (χ4n) is 1.01. The lowest BCUT2D eigenvalue weighted by atomic mass is 10.1. The Labute approximate surface area is 100 Å². The number of halogens is 3. The first-order valence-corrected chi connectivity index (χ1v) is 5.66. The van der Waals surface area contributed by atoms with Crippen LogP contribution < -0.4 is 5.73 Å². The predicted molar refractivity (Wildman–Crippen MR) is 60.3 cm³/mol. The van der Waals surface area contributed by atoms with Crippen LogP contribution in [0.1, 0.15) is 4.88 Å². The van der Waals surface area contributed by atoms with Gasteiger partial charge >= 0.3 is 6.18 Å². The van der Waals surface area contributed by atoms with Gasteiger partial charge in [0.05, 0.1) is 18.2 Å². The third kappa shape index (κ3) is 4.07. The molecule has 1 unspecified atom stereocenters. The van der Waals surface area contributed by atoms with E-state index < -0.39 is 23.7 Å². The van der Waals surface area contributed by atoms with Crippen molar-refractivity contribution in [2.75, 3.05) is 6.61 Å². The van der Waals surface area contributed by atoms with E-state index in [1.165, 1.54) is 11.3 Å². The van der Waals surface area contributed by atoms with E-state index in [0.29, 0.717) is 0 Å². The molecule has 0 saturated carbocycles. The Bertz CT molecular complexity index is 337. The maximum Gasteiger partial charge on any atom is 0.400 e. The van der Waals surface area contributed by atoms with Crippen molar-refractivity contribution in [1.29, 1.82) is 0 Å². The van der Waals surface area contributed by atoms with Crippen LogP contribution >= 0.6 is 23.6 Å². The number of hydrogen-bond donors (Lipinski definition) is 1. The number of hydrogen-bond acceptors (Lipinski definition) is 3. The largest absolute Gasteiger partial charge is 0.400 e. The molecule has 1 aromatic heterocycles. The van der Waals surface area contributed by atoms with Crippen LogP contribution in [0.4, 0.5) is 13.2 Å². The first-order chi connectivity index (χ1) is 7.41. The normalized spacial score (nSPS) is 13.7. The second kappa shape index (κ2) is 5.60. The first-order valence-electron chi connectivity index (χ1n) is 4.37. The van der Waals surface area contributed by atoms with Crippen LogP contribution in [-0.2, 0) is 11.3 Å². The molecule has 2 N–H and O–H groups in total. The number of rotatable bonds is 5. The molecule has 0 aliphatic carbocycles. The van der Waals surface area contributed by atoms with Crippen molar-refractivity contribution in [3.05, 3.63) is 22.4 Å². The van der Waals surface area contributed by atoms with Crippen LogP contribution in [0.2, 0.25) is 0 Å². The molecule has 7 heteroatoms. The van der Waals surface area contributed by atoms with Gasteiger partial charge in [0.2, 0.25) is 0 Å². The minimum Gasteiger partial charge on any atom is -0.393 e. The number of alkyl halides is 3. The third-order valence-corrected chi connectivity index (χ3v) is 2.98. The number of thiophene rings is 1. The van der Waals surface area contributed by atoms with Crippen molar-refractivity contribution < 1.29 is 17.9 Å². The highest BCUT2D eigenvalue weighted by molar-refractivity contribution is 7.80. The van der Waals surface area contributed by atoms with E-state index in [2.05, 4.69) is 12.2 Å². The van der Waals surface area contributed by atoms with Gasteiger partial charge in [0.25, 0.3) is 0 Å². The molecule has 2 nitrogen and oxygen atoms in total. The summed E-state index contributed by atoms with van der Waals surface area (Å²) in [7, 11) is 0. The van der Waals surface area contributed by atoms with Crippen molar-refractivity contribution >= 4 is 28.5 Å². The molecule has 0 aromatic carbocycles. The minimum atomic E-state index is -4.44. The Balaban J connectivity index is 2.42. The van der Waals surface area contributed by atoms with Crippen LogP contribution in [0.25, 0.3) is 0 Å². The van der Waals surface area contributed by atoms with Crippen LogP contribution in [0.15, 0.2) is 17.5 Å². The fraction of sp³-hybridized carbons (Fsp3) is 0.444. The Morgan fingerprint density at radius 2 is 2.25 bits per heavy atom. The summed E-state index contributed by atoms with van der Waals surface area (Å²) in [5.41, 5.74) is 5.02. The summed E-state index contributed by atoms with van der Waals surface area (Å²) >= 11 is 5.78. The van der Waals surface area contributed by atoms with Gasteiger partial charge in [-0.1, -0.05) is 18.3 Å². The predicted octanol–water partition coefficient (Wildman–Crippen LogP) is 2.73. The quantitative estimate of drug-likeness (QED) is 0.835. The van der Waals surface area contributed by atoms with E-state index in [0.717, 1.165) is 4.88 Å². The molecule has 0 aliphatic rings. The minimum absolute atomic E-state index is 0.146. The lowest BCUT2D eigenvalue weighted by Gasteiger charge is -2.18. The summed E-state index contributed by atoms with van der Waals surface area (Å²) in [6.07, 6.45) is -4.44. The zero-order valence-electron chi connectivity index (χ0n) is 8.16. The SMILES string of the molecule is NC(=S)C(COCc1cccs1)C(F)(F)F. The van der Waals surface area contributed by atoms with E-state index >= 15 is 0 Å². The van der Waals surface area contributed by atoms with Gasteiger partial charge in [0.1, 0.15) is 5.92 Å². The smallest absolute Gasteiger partial charge is 0.393 e. The van der Waals surface area contributed by atoms with E-state index in [1.807, 2.05) is 5.38 Å². The van der Waals surface area contributed by atoms with Crippen LogP contribution in [0, 0.1) is 5.92 Å². The molecule has 0 fully saturated rings. The molecular formula is C9H10F3NOS2. The van der Waals surface area contributed by atoms with E-state index in [-0.39, 0.29) is 6.61 Å². The van der Waals surface area contributed by atoms with E-state index in [1.54, 1.807) is 12.1 Å². The second-order valence-corrected chi connectivity index (χ2v) is 4.59. The summed E-state index contributed by atoms with van der Waals surface area (Å²) < 4.78 is 42.1. The van der Waals surface area contributed by atoms with Gasteiger partial charge in [-0.05, 0) is 11.4 Å². The van der Waals surface area contributed by atoms with Gasteiger partial charge in [-0.2, -0.15) is 13.2 Å². The Kier molecular flexibility index (Phi) is 4.69. The standard InChI is InChI=1S/C9H10F3NOS2/c10-9(11,12)7(8(13)15)5-14-4-6-2-1-3-16-6/h1-3,7H,4-5H2,(H2,13,15). The molecule has 0 saturated heterocycles. The average Bonchev–Trinajstić information content (AvgIpc) is 2.61.